The molecule has 1 aromatic carbocycles. The highest BCUT2D eigenvalue weighted by atomic mass is 16.2. The average Bonchev–Trinajstić information content (AvgIpc) is 2.65. The Morgan fingerprint density at radius 2 is 1.59 bits per heavy atom. The smallest absolute Gasteiger partial charge is 0.335 e. The minimum Gasteiger partial charge on any atom is -0.351 e. The van der Waals surface area contributed by atoms with Crippen molar-refractivity contribution in [3.63, 3.8) is 0 Å². The predicted molar refractivity (Wildman–Crippen MR) is 71.8 cm³/mol. The number of carbonyl (C=O) groups excluding carboxylic acids is 5. The van der Waals surface area contributed by atoms with Gasteiger partial charge >= 0.3 is 23.9 Å². The second-order valence-corrected chi connectivity index (χ2v) is 4.46. The van der Waals surface area contributed by atoms with Crippen LogP contribution in [-0.2, 0) is 20.9 Å². The first-order valence-electron chi connectivity index (χ1n) is 6.20. The van der Waals surface area contributed by atoms with Gasteiger partial charge in [-0.15, -0.1) is 0 Å². The number of nitrogens with two attached hydrogens (primary N) is 1. The van der Waals surface area contributed by atoms with Gasteiger partial charge in [-0.2, -0.15) is 0 Å². The minimum absolute atomic E-state index is 0.0851. The number of carbonyl (C=O) groups is 5. The number of nitrogens with one attached hydrogen (secondary N) is 1. The SMILES string of the molecule is NC(=O)NC(=O)CN1C(=O)C(=O)N(Cc2ccccc2)C1=O. The van der Waals surface area contributed by atoms with E-state index in [1.54, 1.807) is 35.6 Å². The molecule has 9 nitrogen and oxygen atoms in total. The summed E-state index contributed by atoms with van der Waals surface area (Å²) in [5, 5.41) is 1.71. The van der Waals surface area contributed by atoms with Crippen molar-refractivity contribution in [3.05, 3.63) is 35.9 Å². The molecule has 1 saturated heterocycles. The fraction of sp³-hybridized carbons (Fsp3) is 0.154. The van der Waals surface area contributed by atoms with Crippen LogP contribution in [0.3, 0.4) is 0 Å². The van der Waals surface area contributed by atoms with Gasteiger partial charge in [0.1, 0.15) is 6.54 Å². The molecule has 1 aliphatic rings. The van der Waals surface area contributed by atoms with Crippen LogP contribution in [0.15, 0.2) is 30.3 Å². The second kappa shape index (κ2) is 6.04. The Balaban J connectivity index is 2.10. The summed E-state index contributed by atoms with van der Waals surface area (Å²) >= 11 is 0. The first-order chi connectivity index (χ1) is 10.4. The van der Waals surface area contributed by atoms with E-state index >= 15 is 0 Å². The van der Waals surface area contributed by atoms with Crippen LogP contribution in [0.1, 0.15) is 5.56 Å². The molecule has 0 radical (unpaired) electrons. The van der Waals surface area contributed by atoms with Gasteiger partial charge in [0.15, 0.2) is 0 Å². The van der Waals surface area contributed by atoms with Crippen LogP contribution in [0.5, 0.6) is 0 Å². The molecule has 0 atom stereocenters. The van der Waals surface area contributed by atoms with E-state index in [0.29, 0.717) is 10.5 Å². The summed E-state index contributed by atoms with van der Waals surface area (Å²) in [5.74, 6) is -3.11. The lowest BCUT2D eigenvalue weighted by Crippen LogP contribution is -2.44. The summed E-state index contributed by atoms with van der Waals surface area (Å²) in [5.41, 5.74) is 5.41. The van der Waals surface area contributed by atoms with Crippen molar-refractivity contribution in [2.45, 2.75) is 6.54 Å². The maximum atomic E-state index is 12.1. The Bertz CT molecular complexity index is 658. The molecular formula is C13H12N4O5. The lowest BCUT2D eigenvalue weighted by atomic mass is 10.2. The van der Waals surface area contributed by atoms with Gasteiger partial charge in [-0.25, -0.2) is 14.5 Å². The van der Waals surface area contributed by atoms with Crippen LogP contribution in [-0.4, -0.2) is 46.1 Å². The molecule has 0 saturated carbocycles. The average molecular weight is 304 g/mol. The van der Waals surface area contributed by atoms with Crippen molar-refractivity contribution in [2.75, 3.05) is 6.54 Å². The largest absolute Gasteiger partial charge is 0.351 e. The summed E-state index contributed by atoms with van der Waals surface area (Å²) < 4.78 is 0. The van der Waals surface area contributed by atoms with Crippen LogP contribution >= 0.6 is 0 Å². The van der Waals surface area contributed by atoms with Crippen molar-refractivity contribution in [1.29, 1.82) is 0 Å². The highest BCUT2D eigenvalue weighted by Gasteiger charge is 2.45. The van der Waals surface area contributed by atoms with Crippen molar-refractivity contribution in [1.82, 2.24) is 15.1 Å². The van der Waals surface area contributed by atoms with Crippen LogP contribution in [0, 0.1) is 0 Å². The van der Waals surface area contributed by atoms with E-state index in [0.717, 1.165) is 4.90 Å². The normalized spacial score (nSPS) is 14.5. The molecule has 22 heavy (non-hydrogen) atoms. The molecule has 0 spiro atoms. The van der Waals surface area contributed by atoms with Crippen LogP contribution in [0.2, 0.25) is 0 Å². The van der Waals surface area contributed by atoms with Gasteiger partial charge in [0.05, 0.1) is 6.54 Å². The number of rotatable bonds is 4. The number of imide groups is 3. The lowest BCUT2D eigenvalue weighted by molar-refractivity contribution is -0.144. The zero-order chi connectivity index (χ0) is 16.3. The number of hydrogen-bond acceptors (Lipinski definition) is 5. The zero-order valence-electron chi connectivity index (χ0n) is 11.3. The number of hydrogen-bond donors (Lipinski definition) is 2. The predicted octanol–water partition coefficient (Wildman–Crippen LogP) is -0.828. The van der Waals surface area contributed by atoms with E-state index in [9.17, 15) is 24.0 Å². The van der Waals surface area contributed by atoms with Gasteiger partial charge in [-0.1, -0.05) is 30.3 Å². The first-order valence-corrected chi connectivity index (χ1v) is 6.20. The van der Waals surface area contributed by atoms with E-state index < -0.39 is 36.3 Å². The molecule has 0 aromatic heterocycles. The van der Waals surface area contributed by atoms with Gasteiger partial charge in [0, 0.05) is 0 Å². The molecule has 0 unspecified atom stereocenters. The molecule has 7 amide bonds. The summed E-state index contributed by atoms with van der Waals surface area (Å²) in [6, 6.07) is 6.56. The number of amides is 7. The fourth-order valence-corrected chi connectivity index (χ4v) is 1.92. The van der Waals surface area contributed by atoms with E-state index in [-0.39, 0.29) is 6.54 Å². The maximum Gasteiger partial charge on any atom is 0.335 e. The summed E-state index contributed by atoms with van der Waals surface area (Å²) in [6.07, 6.45) is 0. The molecule has 1 fully saturated rings. The topological polar surface area (TPSA) is 130 Å². The summed E-state index contributed by atoms with van der Waals surface area (Å²) in [6.45, 7) is -0.837. The second-order valence-electron chi connectivity index (χ2n) is 4.46. The molecule has 0 aliphatic carbocycles. The molecule has 0 bridgehead atoms. The van der Waals surface area contributed by atoms with E-state index in [1.165, 1.54) is 0 Å². The molecule has 3 N–H and O–H groups in total. The van der Waals surface area contributed by atoms with Crippen LogP contribution in [0.4, 0.5) is 9.59 Å². The maximum absolute atomic E-state index is 12.1. The highest BCUT2D eigenvalue weighted by molar-refractivity contribution is 6.45. The van der Waals surface area contributed by atoms with Crippen molar-refractivity contribution < 1.29 is 24.0 Å². The van der Waals surface area contributed by atoms with Crippen LogP contribution < -0.4 is 11.1 Å². The number of urea groups is 2. The zero-order valence-corrected chi connectivity index (χ0v) is 11.3. The summed E-state index contributed by atoms with van der Waals surface area (Å²) in [7, 11) is 0. The van der Waals surface area contributed by atoms with Crippen molar-refractivity contribution in [3.8, 4) is 0 Å². The standard InChI is InChI=1S/C13H12N4O5/c14-12(21)15-9(18)7-17-11(20)10(19)16(13(17)22)6-8-4-2-1-3-5-8/h1-5H,6-7H2,(H3,14,15,18,21). The molecular weight excluding hydrogens is 292 g/mol. The minimum atomic E-state index is -1.12. The van der Waals surface area contributed by atoms with Gasteiger partial charge < -0.3 is 5.73 Å². The number of benzene rings is 1. The van der Waals surface area contributed by atoms with E-state index in [1.807, 2.05) is 0 Å². The number of primary amides is 1. The summed E-state index contributed by atoms with van der Waals surface area (Å²) in [4.78, 5) is 58.8. The van der Waals surface area contributed by atoms with Crippen molar-refractivity contribution in [2.24, 2.45) is 5.73 Å². The third-order valence-corrected chi connectivity index (χ3v) is 2.88. The molecule has 1 aliphatic heterocycles. The van der Waals surface area contributed by atoms with Gasteiger partial charge in [0.2, 0.25) is 5.91 Å². The third-order valence-electron chi connectivity index (χ3n) is 2.88. The van der Waals surface area contributed by atoms with Gasteiger partial charge in [0.25, 0.3) is 0 Å². The van der Waals surface area contributed by atoms with E-state index in [4.69, 9.17) is 5.73 Å². The van der Waals surface area contributed by atoms with Crippen molar-refractivity contribution >= 4 is 29.8 Å². The molecule has 1 aromatic rings. The Morgan fingerprint density at radius 1 is 1.00 bits per heavy atom. The number of nitrogens with zero attached hydrogens (tertiary/aromatic N) is 2. The Morgan fingerprint density at radius 3 is 2.18 bits per heavy atom. The Hall–Kier alpha value is -3.23. The Kier molecular flexibility index (Phi) is 4.16. The molecule has 9 heteroatoms. The van der Waals surface area contributed by atoms with E-state index in [2.05, 4.69) is 0 Å². The quantitative estimate of drug-likeness (QED) is 0.554. The molecule has 1 heterocycles. The van der Waals surface area contributed by atoms with Gasteiger partial charge in [-0.05, 0) is 5.56 Å². The highest BCUT2D eigenvalue weighted by Crippen LogP contribution is 2.15. The third kappa shape index (κ3) is 3.08. The molecule has 2 rings (SSSR count). The fourth-order valence-electron chi connectivity index (χ4n) is 1.92. The van der Waals surface area contributed by atoms with Crippen LogP contribution in [0.25, 0.3) is 0 Å². The van der Waals surface area contributed by atoms with Gasteiger partial charge in [-0.3, -0.25) is 24.6 Å². The lowest BCUT2D eigenvalue weighted by Gasteiger charge is -2.14. The Labute approximate surface area is 124 Å². The molecule has 114 valence electrons. The first kappa shape index (κ1) is 15.2. The monoisotopic (exact) mass is 304 g/mol.